The van der Waals surface area contributed by atoms with E-state index in [-0.39, 0.29) is 23.0 Å². The normalized spacial score (nSPS) is 23.6. The Hall–Kier alpha value is -1.62. The third-order valence-corrected chi connectivity index (χ3v) is 3.38. The molecule has 1 heterocycles. The van der Waals surface area contributed by atoms with Gasteiger partial charge in [0.25, 0.3) is 5.91 Å². The minimum absolute atomic E-state index is 0.133. The summed E-state index contributed by atoms with van der Waals surface area (Å²) < 4.78 is 0. The van der Waals surface area contributed by atoms with E-state index < -0.39 is 0 Å². The van der Waals surface area contributed by atoms with Gasteiger partial charge < -0.3 is 15.4 Å². The van der Waals surface area contributed by atoms with E-state index >= 15 is 0 Å². The van der Waals surface area contributed by atoms with Gasteiger partial charge >= 0.3 is 0 Å². The molecule has 0 bridgehead atoms. The summed E-state index contributed by atoms with van der Waals surface area (Å²) in [4.78, 5) is 26.0. The maximum Gasteiger partial charge on any atom is 0.256 e. The van der Waals surface area contributed by atoms with Crippen LogP contribution in [0.1, 0.15) is 36.0 Å². The van der Waals surface area contributed by atoms with E-state index in [9.17, 15) is 14.7 Å². The minimum Gasteiger partial charge on any atom is -0.393 e. The molecule has 1 amide bonds. The Bertz CT molecular complexity index is 469. The van der Waals surface area contributed by atoms with Crippen molar-refractivity contribution in [3.8, 4) is 0 Å². The lowest BCUT2D eigenvalue weighted by Gasteiger charge is -2.25. The van der Waals surface area contributed by atoms with Gasteiger partial charge in [-0.25, -0.2) is 0 Å². The number of rotatable bonds is 3. The fourth-order valence-electron chi connectivity index (χ4n) is 2.37. The van der Waals surface area contributed by atoms with E-state index in [0.29, 0.717) is 12.5 Å². The quantitative estimate of drug-likeness (QED) is 0.737. The lowest BCUT2D eigenvalue weighted by Crippen LogP contribution is -2.35. The first-order chi connectivity index (χ1) is 8.66. The Balaban J connectivity index is 1.89. The number of nitrogens with one attached hydrogen (secondary N) is 2. The van der Waals surface area contributed by atoms with Crippen LogP contribution in [0.5, 0.6) is 0 Å². The fourth-order valence-corrected chi connectivity index (χ4v) is 2.37. The van der Waals surface area contributed by atoms with Gasteiger partial charge in [-0.3, -0.25) is 9.59 Å². The molecule has 0 spiro atoms. The van der Waals surface area contributed by atoms with Gasteiger partial charge in [-0.1, -0.05) is 6.42 Å². The van der Waals surface area contributed by atoms with Gasteiger partial charge in [0.05, 0.1) is 6.10 Å². The molecule has 0 aliphatic heterocycles. The summed E-state index contributed by atoms with van der Waals surface area (Å²) in [5.41, 5.74) is -0.149. The second-order valence-corrected chi connectivity index (χ2v) is 4.82. The zero-order chi connectivity index (χ0) is 13.0. The average Bonchev–Trinajstić information content (AvgIpc) is 2.37. The summed E-state index contributed by atoms with van der Waals surface area (Å²) in [6.07, 6.45) is 6.25. The summed E-state index contributed by atoms with van der Waals surface area (Å²) in [5.74, 6) is -0.0441. The third kappa shape index (κ3) is 3.20. The molecule has 18 heavy (non-hydrogen) atoms. The summed E-state index contributed by atoms with van der Waals surface area (Å²) in [6, 6.07) is 1.33. The second-order valence-electron chi connectivity index (χ2n) is 4.82. The van der Waals surface area contributed by atoms with Crippen molar-refractivity contribution in [1.82, 2.24) is 10.3 Å². The molecule has 98 valence electrons. The van der Waals surface area contributed by atoms with E-state index in [0.717, 1.165) is 25.7 Å². The van der Waals surface area contributed by atoms with Crippen LogP contribution in [0.3, 0.4) is 0 Å². The SMILES string of the molecule is O=C(NCC1CCCC(O)C1)c1c[nH]ccc1=O. The van der Waals surface area contributed by atoms with Crippen molar-refractivity contribution >= 4 is 5.91 Å². The largest absolute Gasteiger partial charge is 0.393 e. The van der Waals surface area contributed by atoms with Crippen LogP contribution in [0.4, 0.5) is 0 Å². The molecule has 0 radical (unpaired) electrons. The van der Waals surface area contributed by atoms with E-state index in [1.165, 1.54) is 18.5 Å². The standard InChI is InChI=1S/C13H18N2O3/c16-10-3-1-2-9(6-10)7-15-13(18)11-8-14-5-4-12(11)17/h4-5,8-10,16H,1-3,6-7H2,(H,14,17)(H,15,18). The van der Waals surface area contributed by atoms with E-state index in [1.807, 2.05) is 0 Å². The maximum atomic E-state index is 11.8. The Morgan fingerprint density at radius 3 is 3.06 bits per heavy atom. The lowest BCUT2D eigenvalue weighted by atomic mass is 9.87. The molecule has 3 N–H and O–H groups in total. The van der Waals surface area contributed by atoms with Crippen LogP contribution in [0, 0.1) is 5.92 Å². The van der Waals surface area contributed by atoms with Crippen molar-refractivity contribution in [3.05, 3.63) is 34.2 Å². The van der Waals surface area contributed by atoms with Gasteiger partial charge in [0.1, 0.15) is 5.56 Å². The topological polar surface area (TPSA) is 82.2 Å². The highest BCUT2D eigenvalue weighted by Crippen LogP contribution is 2.23. The number of aromatic nitrogens is 1. The Morgan fingerprint density at radius 2 is 2.33 bits per heavy atom. The Morgan fingerprint density at radius 1 is 1.50 bits per heavy atom. The van der Waals surface area contributed by atoms with E-state index in [4.69, 9.17) is 0 Å². The molecule has 1 aromatic rings. The van der Waals surface area contributed by atoms with Crippen LogP contribution in [-0.4, -0.2) is 28.6 Å². The molecule has 2 rings (SSSR count). The summed E-state index contributed by atoms with van der Waals surface area (Å²) >= 11 is 0. The van der Waals surface area contributed by atoms with Crippen molar-refractivity contribution in [2.24, 2.45) is 5.92 Å². The molecular formula is C13H18N2O3. The molecule has 1 saturated carbocycles. The average molecular weight is 250 g/mol. The number of amides is 1. The van der Waals surface area contributed by atoms with Crippen molar-refractivity contribution in [2.75, 3.05) is 6.54 Å². The first-order valence-corrected chi connectivity index (χ1v) is 6.30. The predicted octanol–water partition coefficient (Wildman–Crippen LogP) is 0.656. The summed E-state index contributed by atoms with van der Waals surface area (Å²) in [6.45, 7) is 0.518. The summed E-state index contributed by atoms with van der Waals surface area (Å²) in [7, 11) is 0. The molecule has 1 fully saturated rings. The summed E-state index contributed by atoms with van der Waals surface area (Å²) in [5, 5.41) is 12.3. The zero-order valence-electron chi connectivity index (χ0n) is 10.2. The number of pyridine rings is 1. The predicted molar refractivity (Wildman–Crippen MR) is 67.4 cm³/mol. The van der Waals surface area contributed by atoms with Crippen molar-refractivity contribution in [2.45, 2.75) is 31.8 Å². The van der Waals surface area contributed by atoms with Gasteiger partial charge in [0.2, 0.25) is 0 Å². The first kappa shape index (κ1) is 12.8. The van der Waals surface area contributed by atoms with Crippen LogP contribution in [-0.2, 0) is 0 Å². The first-order valence-electron chi connectivity index (χ1n) is 6.30. The van der Waals surface area contributed by atoms with Gasteiger partial charge in [-0.2, -0.15) is 0 Å². The van der Waals surface area contributed by atoms with E-state index in [2.05, 4.69) is 10.3 Å². The van der Waals surface area contributed by atoms with Gasteiger partial charge in [0, 0.05) is 25.0 Å². The highest BCUT2D eigenvalue weighted by molar-refractivity contribution is 5.93. The van der Waals surface area contributed by atoms with Crippen LogP contribution in [0.15, 0.2) is 23.3 Å². The van der Waals surface area contributed by atoms with Gasteiger partial charge in [0.15, 0.2) is 5.43 Å². The number of aliphatic hydroxyl groups excluding tert-OH is 1. The molecular weight excluding hydrogens is 232 g/mol. The highest BCUT2D eigenvalue weighted by Gasteiger charge is 2.21. The molecule has 5 nitrogen and oxygen atoms in total. The maximum absolute atomic E-state index is 11.8. The number of hydrogen-bond acceptors (Lipinski definition) is 3. The van der Waals surface area contributed by atoms with Crippen LogP contribution < -0.4 is 10.7 Å². The second kappa shape index (κ2) is 5.82. The number of carbonyl (C=O) groups excluding carboxylic acids is 1. The van der Waals surface area contributed by atoms with E-state index in [1.54, 1.807) is 0 Å². The van der Waals surface area contributed by atoms with Crippen molar-refractivity contribution in [3.63, 3.8) is 0 Å². The van der Waals surface area contributed by atoms with Crippen molar-refractivity contribution in [1.29, 1.82) is 0 Å². The van der Waals surface area contributed by atoms with Gasteiger partial charge in [-0.15, -0.1) is 0 Å². The number of aromatic amines is 1. The van der Waals surface area contributed by atoms with Crippen LogP contribution in [0.2, 0.25) is 0 Å². The van der Waals surface area contributed by atoms with Gasteiger partial charge in [-0.05, 0) is 25.2 Å². The molecule has 1 aromatic heterocycles. The smallest absolute Gasteiger partial charge is 0.256 e. The Kier molecular flexibility index (Phi) is 4.15. The molecule has 5 heteroatoms. The van der Waals surface area contributed by atoms with Crippen molar-refractivity contribution < 1.29 is 9.90 Å². The van der Waals surface area contributed by atoms with Crippen LogP contribution in [0.25, 0.3) is 0 Å². The minimum atomic E-state index is -0.350. The van der Waals surface area contributed by atoms with Crippen LogP contribution >= 0.6 is 0 Å². The molecule has 0 aromatic carbocycles. The number of aliphatic hydroxyl groups is 1. The lowest BCUT2D eigenvalue weighted by molar-refractivity contribution is 0.0873. The molecule has 2 atom stereocenters. The molecule has 0 saturated heterocycles. The third-order valence-electron chi connectivity index (χ3n) is 3.38. The molecule has 2 unspecified atom stereocenters. The monoisotopic (exact) mass is 250 g/mol. The highest BCUT2D eigenvalue weighted by atomic mass is 16.3. The molecule has 1 aliphatic carbocycles. The number of H-pyrrole nitrogens is 1. The zero-order valence-corrected chi connectivity index (χ0v) is 10.2. The number of hydrogen-bond donors (Lipinski definition) is 3. The molecule has 1 aliphatic rings. The Labute approximate surface area is 105 Å². The fraction of sp³-hybridized carbons (Fsp3) is 0.538. The number of carbonyl (C=O) groups is 1.